The fourth-order valence-corrected chi connectivity index (χ4v) is 1.37. The SMILES string of the molecule is CN(C)C(=O)C(C)(C)Oc1ccccc1. The molecule has 0 spiro atoms. The minimum atomic E-state index is -0.829. The minimum Gasteiger partial charge on any atom is -0.478 e. The maximum atomic E-state index is 11.8. The Balaban J connectivity index is 2.77. The van der Waals surface area contributed by atoms with E-state index < -0.39 is 5.60 Å². The van der Waals surface area contributed by atoms with E-state index >= 15 is 0 Å². The quantitative estimate of drug-likeness (QED) is 0.758. The lowest BCUT2D eigenvalue weighted by Crippen LogP contribution is -2.45. The second kappa shape index (κ2) is 4.34. The van der Waals surface area contributed by atoms with E-state index in [1.165, 1.54) is 4.90 Å². The van der Waals surface area contributed by atoms with Gasteiger partial charge in [0, 0.05) is 14.1 Å². The monoisotopic (exact) mass is 207 g/mol. The van der Waals surface area contributed by atoms with Crippen molar-refractivity contribution in [1.29, 1.82) is 0 Å². The van der Waals surface area contributed by atoms with Crippen molar-refractivity contribution in [3.63, 3.8) is 0 Å². The molecular weight excluding hydrogens is 190 g/mol. The molecule has 0 atom stereocenters. The molecule has 0 saturated heterocycles. The third kappa shape index (κ3) is 2.98. The highest BCUT2D eigenvalue weighted by Crippen LogP contribution is 2.18. The Morgan fingerprint density at radius 2 is 1.73 bits per heavy atom. The summed E-state index contributed by atoms with van der Waals surface area (Å²) >= 11 is 0. The Morgan fingerprint density at radius 1 is 1.20 bits per heavy atom. The third-order valence-corrected chi connectivity index (χ3v) is 2.04. The van der Waals surface area contributed by atoms with E-state index in [0.717, 1.165) is 0 Å². The maximum absolute atomic E-state index is 11.8. The van der Waals surface area contributed by atoms with E-state index in [1.807, 2.05) is 30.3 Å². The summed E-state index contributed by atoms with van der Waals surface area (Å²) in [5.74, 6) is 0.657. The molecule has 0 heterocycles. The normalized spacial score (nSPS) is 10.9. The first-order valence-corrected chi connectivity index (χ1v) is 4.89. The van der Waals surface area contributed by atoms with Crippen LogP contribution in [0.5, 0.6) is 5.75 Å². The summed E-state index contributed by atoms with van der Waals surface area (Å²) in [5.41, 5.74) is -0.829. The zero-order chi connectivity index (χ0) is 11.5. The van der Waals surface area contributed by atoms with E-state index in [1.54, 1.807) is 27.9 Å². The van der Waals surface area contributed by atoms with Gasteiger partial charge in [-0.1, -0.05) is 18.2 Å². The highest BCUT2D eigenvalue weighted by Gasteiger charge is 2.31. The molecule has 82 valence electrons. The van der Waals surface area contributed by atoms with Crippen LogP contribution in [0.1, 0.15) is 13.8 Å². The summed E-state index contributed by atoms with van der Waals surface area (Å²) in [6.45, 7) is 3.53. The molecule has 0 aliphatic carbocycles. The molecule has 1 aromatic carbocycles. The largest absolute Gasteiger partial charge is 0.478 e. The first-order valence-electron chi connectivity index (χ1n) is 4.89. The summed E-state index contributed by atoms with van der Waals surface area (Å²) in [6.07, 6.45) is 0. The summed E-state index contributed by atoms with van der Waals surface area (Å²) < 4.78 is 5.63. The topological polar surface area (TPSA) is 29.5 Å². The second-order valence-corrected chi connectivity index (χ2v) is 4.13. The first-order chi connectivity index (χ1) is 6.93. The van der Waals surface area contributed by atoms with Crippen LogP contribution < -0.4 is 4.74 Å². The Morgan fingerprint density at radius 3 is 2.20 bits per heavy atom. The molecule has 0 aliphatic heterocycles. The molecule has 0 saturated carbocycles. The number of rotatable bonds is 3. The fraction of sp³-hybridized carbons (Fsp3) is 0.417. The predicted molar refractivity (Wildman–Crippen MR) is 59.8 cm³/mol. The van der Waals surface area contributed by atoms with Crippen LogP contribution in [0.25, 0.3) is 0 Å². The predicted octanol–water partition coefficient (Wildman–Crippen LogP) is 1.93. The fourth-order valence-electron chi connectivity index (χ4n) is 1.37. The standard InChI is InChI=1S/C12H17NO2/c1-12(2,11(14)13(3)4)15-10-8-6-5-7-9-10/h5-9H,1-4H3. The van der Waals surface area contributed by atoms with Crippen LogP contribution in [-0.2, 0) is 4.79 Å². The highest BCUT2D eigenvalue weighted by atomic mass is 16.5. The lowest BCUT2D eigenvalue weighted by molar-refractivity contribution is -0.142. The smallest absolute Gasteiger partial charge is 0.265 e. The summed E-state index contributed by atoms with van der Waals surface area (Å²) in [6, 6.07) is 9.35. The zero-order valence-corrected chi connectivity index (χ0v) is 9.65. The summed E-state index contributed by atoms with van der Waals surface area (Å²) in [5, 5.41) is 0. The lowest BCUT2D eigenvalue weighted by Gasteiger charge is -2.28. The number of carbonyl (C=O) groups excluding carboxylic acids is 1. The van der Waals surface area contributed by atoms with Crippen molar-refractivity contribution >= 4 is 5.91 Å². The molecule has 0 aliphatic rings. The van der Waals surface area contributed by atoms with Gasteiger partial charge in [-0.15, -0.1) is 0 Å². The second-order valence-electron chi connectivity index (χ2n) is 4.13. The van der Waals surface area contributed by atoms with Gasteiger partial charge in [0.05, 0.1) is 0 Å². The Bertz CT molecular complexity index is 331. The van der Waals surface area contributed by atoms with Crippen LogP contribution in [0.15, 0.2) is 30.3 Å². The van der Waals surface area contributed by atoms with Gasteiger partial charge in [-0.05, 0) is 26.0 Å². The number of hydrogen-bond acceptors (Lipinski definition) is 2. The van der Waals surface area contributed by atoms with E-state index in [4.69, 9.17) is 4.74 Å². The van der Waals surface area contributed by atoms with Crippen molar-refractivity contribution in [2.45, 2.75) is 19.4 Å². The van der Waals surface area contributed by atoms with Gasteiger partial charge < -0.3 is 9.64 Å². The number of nitrogens with zero attached hydrogens (tertiary/aromatic N) is 1. The van der Waals surface area contributed by atoms with Gasteiger partial charge in [0.15, 0.2) is 5.60 Å². The minimum absolute atomic E-state index is 0.0497. The summed E-state index contributed by atoms with van der Waals surface area (Å²) in [7, 11) is 3.44. The number of hydrogen-bond donors (Lipinski definition) is 0. The number of likely N-dealkylation sites (N-methyl/N-ethyl adjacent to an activating group) is 1. The van der Waals surface area contributed by atoms with Gasteiger partial charge in [-0.2, -0.15) is 0 Å². The average molecular weight is 207 g/mol. The molecule has 1 aromatic rings. The Labute approximate surface area is 90.7 Å². The lowest BCUT2D eigenvalue weighted by atomic mass is 10.1. The average Bonchev–Trinajstić information content (AvgIpc) is 2.17. The van der Waals surface area contributed by atoms with Gasteiger partial charge in [-0.25, -0.2) is 0 Å². The van der Waals surface area contributed by atoms with Crippen molar-refractivity contribution in [2.24, 2.45) is 0 Å². The highest BCUT2D eigenvalue weighted by molar-refractivity contribution is 5.84. The van der Waals surface area contributed by atoms with E-state index in [0.29, 0.717) is 5.75 Å². The number of ether oxygens (including phenoxy) is 1. The molecule has 1 amide bonds. The van der Waals surface area contributed by atoms with Crippen LogP contribution in [0.3, 0.4) is 0 Å². The third-order valence-electron chi connectivity index (χ3n) is 2.04. The molecule has 3 nitrogen and oxygen atoms in total. The molecular formula is C12H17NO2. The molecule has 15 heavy (non-hydrogen) atoms. The molecule has 0 bridgehead atoms. The Hall–Kier alpha value is -1.51. The number of para-hydroxylation sites is 1. The zero-order valence-electron chi connectivity index (χ0n) is 9.65. The van der Waals surface area contributed by atoms with E-state index in [-0.39, 0.29) is 5.91 Å². The van der Waals surface area contributed by atoms with Crippen molar-refractivity contribution in [1.82, 2.24) is 4.90 Å². The first kappa shape index (κ1) is 11.6. The molecule has 1 rings (SSSR count). The molecule has 0 N–H and O–H groups in total. The Kier molecular flexibility index (Phi) is 3.35. The number of carbonyl (C=O) groups is 1. The molecule has 0 fully saturated rings. The van der Waals surface area contributed by atoms with Gasteiger partial charge in [0.1, 0.15) is 5.75 Å². The van der Waals surface area contributed by atoms with Crippen LogP contribution in [-0.4, -0.2) is 30.5 Å². The van der Waals surface area contributed by atoms with Crippen molar-refractivity contribution in [2.75, 3.05) is 14.1 Å². The van der Waals surface area contributed by atoms with Crippen molar-refractivity contribution < 1.29 is 9.53 Å². The van der Waals surface area contributed by atoms with Crippen LogP contribution in [0, 0.1) is 0 Å². The number of amides is 1. The molecule has 0 aromatic heterocycles. The van der Waals surface area contributed by atoms with Gasteiger partial charge in [0.25, 0.3) is 5.91 Å². The molecule has 0 radical (unpaired) electrons. The van der Waals surface area contributed by atoms with Crippen LogP contribution in [0.2, 0.25) is 0 Å². The van der Waals surface area contributed by atoms with Gasteiger partial charge in [0.2, 0.25) is 0 Å². The number of benzene rings is 1. The summed E-state index contributed by atoms with van der Waals surface area (Å²) in [4.78, 5) is 13.3. The maximum Gasteiger partial charge on any atom is 0.265 e. The van der Waals surface area contributed by atoms with Gasteiger partial charge in [-0.3, -0.25) is 4.79 Å². The van der Waals surface area contributed by atoms with Gasteiger partial charge >= 0.3 is 0 Å². The van der Waals surface area contributed by atoms with Crippen LogP contribution in [0.4, 0.5) is 0 Å². The molecule has 0 unspecified atom stereocenters. The van der Waals surface area contributed by atoms with Crippen molar-refractivity contribution in [3.05, 3.63) is 30.3 Å². The van der Waals surface area contributed by atoms with E-state index in [2.05, 4.69) is 0 Å². The van der Waals surface area contributed by atoms with Crippen molar-refractivity contribution in [3.8, 4) is 5.75 Å². The van der Waals surface area contributed by atoms with Crippen LogP contribution >= 0.6 is 0 Å². The van der Waals surface area contributed by atoms with E-state index in [9.17, 15) is 4.79 Å². The molecule has 3 heteroatoms.